The second-order valence-corrected chi connectivity index (χ2v) is 6.37. The number of carboxylic acids is 1. The Morgan fingerprint density at radius 1 is 0.960 bits per heavy atom. The minimum absolute atomic E-state index is 0.120. The Hall–Kier alpha value is -2.66. The van der Waals surface area contributed by atoms with E-state index in [0.29, 0.717) is 12.1 Å². The van der Waals surface area contributed by atoms with Crippen LogP contribution < -0.4 is 5.32 Å². The van der Waals surface area contributed by atoms with Gasteiger partial charge in [0.2, 0.25) is 0 Å². The van der Waals surface area contributed by atoms with Crippen molar-refractivity contribution in [1.82, 2.24) is 10.2 Å². The number of hydrogen-bond acceptors (Lipinski definition) is 3. The molecule has 2 aromatic rings. The van der Waals surface area contributed by atoms with E-state index in [1.807, 2.05) is 18.2 Å². The monoisotopic (exact) mass is 338 g/mol. The maximum absolute atomic E-state index is 12.4. The fraction of sp³-hybridized carbons (Fsp3) is 0.300. The molecule has 5 nitrogen and oxygen atoms in total. The number of benzene rings is 2. The number of carbonyl (C=O) groups is 2. The first kappa shape index (κ1) is 17.2. The molecule has 1 aliphatic rings. The van der Waals surface area contributed by atoms with Crippen molar-refractivity contribution in [1.29, 1.82) is 0 Å². The number of nitrogens with one attached hydrogen (secondary N) is 1. The summed E-state index contributed by atoms with van der Waals surface area (Å²) in [5, 5.41) is 11.8. The van der Waals surface area contributed by atoms with Crippen molar-refractivity contribution in [2.75, 3.05) is 13.1 Å². The summed E-state index contributed by atoms with van der Waals surface area (Å²) in [7, 11) is 0. The molecule has 0 saturated carbocycles. The van der Waals surface area contributed by atoms with Crippen molar-refractivity contribution in [3.63, 3.8) is 0 Å². The van der Waals surface area contributed by atoms with Gasteiger partial charge in [0, 0.05) is 18.7 Å². The average Bonchev–Trinajstić information content (AvgIpc) is 3.13. The molecule has 0 atom stereocenters. The van der Waals surface area contributed by atoms with Crippen molar-refractivity contribution < 1.29 is 14.7 Å². The molecule has 2 aromatic carbocycles. The number of likely N-dealkylation sites (tertiary alicyclic amines) is 1. The van der Waals surface area contributed by atoms with Crippen LogP contribution in [-0.4, -0.2) is 35.0 Å². The lowest BCUT2D eigenvalue weighted by atomic mass is 10.1. The maximum Gasteiger partial charge on any atom is 0.335 e. The quantitative estimate of drug-likeness (QED) is 0.850. The van der Waals surface area contributed by atoms with Gasteiger partial charge < -0.3 is 10.4 Å². The molecule has 1 aliphatic heterocycles. The molecule has 1 heterocycles. The molecule has 1 fully saturated rings. The van der Waals surface area contributed by atoms with Gasteiger partial charge in [0.25, 0.3) is 5.91 Å². The van der Waals surface area contributed by atoms with Gasteiger partial charge in [0.15, 0.2) is 0 Å². The third-order valence-corrected chi connectivity index (χ3v) is 4.45. The SMILES string of the molecule is O=C(O)c1ccc(CNC(=O)c2cccc(CN3CCCC3)c2)cc1. The molecule has 3 rings (SSSR count). The molecule has 0 aromatic heterocycles. The Labute approximate surface area is 147 Å². The first-order valence-electron chi connectivity index (χ1n) is 8.53. The van der Waals surface area contributed by atoms with Gasteiger partial charge >= 0.3 is 5.97 Å². The molecule has 5 heteroatoms. The number of nitrogens with zero attached hydrogens (tertiary/aromatic N) is 1. The zero-order valence-electron chi connectivity index (χ0n) is 14.1. The first-order valence-corrected chi connectivity index (χ1v) is 8.53. The molecule has 0 aliphatic carbocycles. The van der Waals surface area contributed by atoms with Gasteiger partial charge in [-0.2, -0.15) is 0 Å². The zero-order valence-corrected chi connectivity index (χ0v) is 14.1. The van der Waals surface area contributed by atoms with Crippen molar-refractivity contribution in [2.24, 2.45) is 0 Å². The van der Waals surface area contributed by atoms with E-state index in [0.717, 1.165) is 30.8 Å². The van der Waals surface area contributed by atoms with Crippen LogP contribution in [0.1, 0.15) is 44.7 Å². The Kier molecular flexibility index (Phi) is 5.46. The summed E-state index contributed by atoms with van der Waals surface area (Å²) >= 11 is 0. The Balaban J connectivity index is 1.58. The highest BCUT2D eigenvalue weighted by molar-refractivity contribution is 5.94. The molecule has 130 valence electrons. The van der Waals surface area contributed by atoms with Crippen LogP contribution in [0.15, 0.2) is 48.5 Å². The predicted octanol–water partition coefficient (Wildman–Crippen LogP) is 2.91. The molecule has 1 saturated heterocycles. The van der Waals surface area contributed by atoms with Crippen molar-refractivity contribution >= 4 is 11.9 Å². The summed E-state index contributed by atoms with van der Waals surface area (Å²) in [5.41, 5.74) is 2.91. The standard InChI is InChI=1S/C20H22N2O3/c23-19(21-13-15-6-8-17(9-7-15)20(24)25)18-5-3-4-16(12-18)14-22-10-1-2-11-22/h3-9,12H,1-2,10-11,13-14H2,(H,21,23)(H,24,25). The maximum atomic E-state index is 12.4. The second-order valence-electron chi connectivity index (χ2n) is 6.37. The highest BCUT2D eigenvalue weighted by Gasteiger charge is 2.13. The lowest BCUT2D eigenvalue weighted by Gasteiger charge is -2.15. The van der Waals surface area contributed by atoms with Crippen LogP contribution in [0, 0.1) is 0 Å². The van der Waals surface area contributed by atoms with Gasteiger partial charge in [0.1, 0.15) is 0 Å². The van der Waals surface area contributed by atoms with E-state index < -0.39 is 5.97 Å². The van der Waals surface area contributed by atoms with E-state index in [-0.39, 0.29) is 11.5 Å². The number of aromatic carboxylic acids is 1. The second kappa shape index (κ2) is 7.94. The molecular formula is C20H22N2O3. The summed E-state index contributed by atoms with van der Waals surface area (Å²) in [4.78, 5) is 25.6. The number of carboxylic acid groups (broad SMARTS) is 1. The van der Waals surface area contributed by atoms with Crippen molar-refractivity contribution in [2.45, 2.75) is 25.9 Å². The summed E-state index contributed by atoms with van der Waals surface area (Å²) in [6.45, 7) is 3.51. The first-order chi connectivity index (χ1) is 12.1. The van der Waals surface area contributed by atoms with Crippen LogP contribution in [0.2, 0.25) is 0 Å². The van der Waals surface area contributed by atoms with Gasteiger partial charge in [-0.1, -0.05) is 24.3 Å². The molecule has 0 radical (unpaired) electrons. The van der Waals surface area contributed by atoms with E-state index in [2.05, 4.69) is 16.3 Å². The van der Waals surface area contributed by atoms with Crippen LogP contribution >= 0.6 is 0 Å². The zero-order chi connectivity index (χ0) is 17.6. The summed E-state index contributed by atoms with van der Waals surface area (Å²) in [5.74, 6) is -1.07. The summed E-state index contributed by atoms with van der Waals surface area (Å²) < 4.78 is 0. The number of carbonyl (C=O) groups excluding carboxylic acids is 1. The Bertz CT molecular complexity index is 750. The van der Waals surface area contributed by atoms with Gasteiger partial charge in [-0.15, -0.1) is 0 Å². The molecule has 25 heavy (non-hydrogen) atoms. The van der Waals surface area contributed by atoms with E-state index in [4.69, 9.17) is 5.11 Å². The van der Waals surface area contributed by atoms with E-state index in [1.54, 1.807) is 24.3 Å². The minimum atomic E-state index is -0.953. The smallest absolute Gasteiger partial charge is 0.335 e. The molecule has 0 unspecified atom stereocenters. The topological polar surface area (TPSA) is 69.6 Å². The molecule has 0 spiro atoms. The predicted molar refractivity (Wildman–Crippen MR) is 95.5 cm³/mol. The van der Waals surface area contributed by atoms with Crippen LogP contribution in [0.25, 0.3) is 0 Å². The van der Waals surface area contributed by atoms with Crippen LogP contribution in [0.3, 0.4) is 0 Å². The fourth-order valence-corrected chi connectivity index (χ4v) is 3.06. The van der Waals surface area contributed by atoms with E-state index >= 15 is 0 Å². The third-order valence-electron chi connectivity index (χ3n) is 4.45. The highest BCUT2D eigenvalue weighted by atomic mass is 16.4. The van der Waals surface area contributed by atoms with Crippen LogP contribution in [-0.2, 0) is 13.1 Å². The lowest BCUT2D eigenvalue weighted by molar-refractivity contribution is 0.0696. The van der Waals surface area contributed by atoms with Gasteiger partial charge in [-0.05, 0) is 61.3 Å². The summed E-state index contributed by atoms with van der Waals surface area (Å²) in [6.07, 6.45) is 2.50. The number of rotatable bonds is 6. The molecular weight excluding hydrogens is 316 g/mol. The minimum Gasteiger partial charge on any atom is -0.478 e. The van der Waals surface area contributed by atoms with Crippen LogP contribution in [0.5, 0.6) is 0 Å². The fourth-order valence-electron chi connectivity index (χ4n) is 3.06. The Morgan fingerprint density at radius 3 is 2.36 bits per heavy atom. The Morgan fingerprint density at radius 2 is 1.68 bits per heavy atom. The largest absolute Gasteiger partial charge is 0.478 e. The molecule has 1 amide bonds. The van der Waals surface area contributed by atoms with Crippen molar-refractivity contribution in [3.8, 4) is 0 Å². The van der Waals surface area contributed by atoms with E-state index in [1.165, 1.54) is 12.8 Å². The molecule has 0 bridgehead atoms. The van der Waals surface area contributed by atoms with Crippen molar-refractivity contribution in [3.05, 3.63) is 70.8 Å². The van der Waals surface area contributed by atoms with Gasteiger partial charge in [-0.25, -0.2) is 4.79 Å². The van der Waals surface area contributed by atoms with Crippen LogP contribution in [0.4, 0.5) is 0 Å². The summed E-state index contributed by atoms with van der Waals surface area (Å²) in [6, 6.07) is 14.3. The van der Waals surface area contributed by atoms with Gasteiger partial charge in [0.05, 0.1) is 5.56 Å². The number of hydrogen-bond donors (Lipinski definition) is 2. The molecule has 2 N–H and O–H groups in total. The number of amides is 1. The highest BCUT2D eigenvalue weighted by Crippen LogP contribution is 2.14. The van der Waals surface area contributed by atoms with Gasteiger partial charge in [-0.3, -0.25) is 9.69 Å². The van der Waals surface area contributed by atoms with E-state index in [9.17, 15) is 9.59 Å². The average molecular weight is 338 g/mol. The lowest BCUT2D eigenvalue weighted by Crippen LogP contribution is -2.23. The normalized spacial score (nSPS) is 14.4. The third kappa shape index (κ3) is 4.67.